The topological polar surface area (TPSA) is 37.4 Å². The van der Waals surface area contributed by atoms with Gasteiger partial charge in [-0.25, -0.2) is 4.98 Å². The molecule has 4 nitrogen and oxygen atoms in total. The van der Waals surface area contributed by atoms with Crippen molar-refractivity contribution < 1.29 is 4.74 Å². The lowest BCUT2D eigenvalue weighted by molar-refractivity contribution is 0.0381. The zero-order valence-corrected chi connectivity index (χ0v) is 14.0. The number of hydrogen-bond acceptors (Lipinski definition) is 4. The van der Waals surface area contributed by atoms with Crippen LogP contribution >= 0.6 is 11.6 Å². The third kappa shape index (κ3) is 4.83. The third-order valence-corrected chi connectivity index (χ3v) is 4.01. The summed E-state index contributed by atoms with van der Waals surface area (Å²) in [5.74, 6) is 1.62. The Morgan fingerprint density at radius 1 is 1.48 bits per heavy atom. The van der Waals surface area contributed by atoms with Gasteiger partial charge in [-0.05, 0) is 31.0 Å². The molecule has 1 unspecified atom stereocenters. The van der Waals surface area contributed by atoms with Crippen LogP contribution in [0.1, 0.15) is 32.9 Å². The lowest BCUT2D eigenvalue weighted by Gasteiger charge is -2.33. The van der Waals surface area contributed by atoms with E-state index in [9.17, 15) is 0 Å². The van der Waals surface area contributed by atoms with Crippen LogP contribution in [0, 0.1) is 5.92 Å². The van der Waals surface area contributed by atoms with Crippen LogP contribution in [-0.4, -0.2) is 37.3 Å². The summed E-state index contributed by atoms with van der Waals surface area (Å²) < 4.78 is 5.72. The standard InChI is InChI=1S/C16H26ClN3O/c1-4-13-11-20(7-8-21-13)16-6-5-14(17)15(19-16)10-18-9-12(2)3/h5-6,12-13,18H,4,7-11H2,1-3H3. The number of nitrogens with one attached hydrogen (secondary N) is 1. The molecular weight excluding hydrogens is 286 g/mol. The van der Waals surface area contributed by atoms with E-state index in [1.165, 1.54) is 0 Å². The van der Waals surface area contributed by atoms with Crippen molar-refractivity contribution in [1.82, 2.24) is 10.3 Å². The highest BCUT2D eigenvalue weighted by Crippen LogP contribution is 2.21. The molecule has 0 aliphatic carbocycles. The van der Waals surface area contributed by atoms with Gasteiger partial charge in [-0.3, -0.25) is 0 Å². The molecule has 1 aromatic heterocycles. The smallest absolute Gasteiger partial charge is 0.129 e. The molecule has 5 heteroatoms. The van der Waals surface area contributed by atoms with Gasteiger partial charge in [0.15, 0.2) is 0 Å². The predicted molar refractivity (Wildman–Crippen MR) is 88.0 cm³/mol. The summed E-state index contributed by atoms with van der Waals surface area (Å²) in [6.45, 7) is 10.8. The van der Waals surface area contributed by atoms with E-state index >= 15 is 0 Å². The first-order valence-electron chi connectivity index (χ1n) is 7.82. The molecule has 1 fully saturated rings. The predicted octanol–water partition coefficient (Wildman–Crippen LogP) is 3.10. The van der Waals surface area contributed by atoms with Gasteiger partial charge >= 0.3 is 0 Å². The van der Waals surface area contributed by atoms with E-state index in [0.717, 1.165) is 49.2 Å². The summed E-state index contributed by atoms with van der Waals surface area (Å²) in [5, 5.41) is 4.13. The van der Waals surface area contributed by atoms with Crippen LogP contribution < -0.4 is 10.2 Å². The van der Waals surface area contributed by atoms with Crippen LogP contribution in [0.15, 0.2) is 12.1 Å². The van der Waals surface area contributed by atoms with Crippen LogP contribution in [0.2, 0.25) is 5.02 Å². The lowest BCUT2D eigenvalue weighted by Crippen LogP contribution is -2.42. The molecule has 1 aromatic rings. The molecule has 1 N–H and O–H groups in total. The average molecular weight is 312 g/mol. The van der Waals surface area contributed by atoms with Crippen molar-refractivity contribution in [2.45, 2.75) is 39.8 Å². The Bertz CT molecular complexity index is 453. The zero-order valence-electron chi connectivity index (χ0n) is 13.2. The Morgan fingerprint density at radius 2 is 2.29 bits per heavy atom. The number of nitrogens with zero attached hydrogens (tertiary/aromatic N) is 2. The number of hydrogen-bond donors (Lipinski definition) is 1. The van der Waals surface area contributed by atoms with Gasteiger partial charge in [-0.2, -0.15) is 0 Å². The summed E-state index contributed by atoms with van der Waals surface area (Å²) in [5.41, 5.74) is 0.925. The Labute approximate surface area is 132 Å². The highest BCUT2D eigenvalue weighted by atomic mass is 35.5. The molecule has 0 amide bonds. The lowest BCUT2D eigenvalue weighted by atomic mass is 10.2. The molecule has 0 spiro atoms. The molecule has 0 aromatic carbocycles. The Hall–Kier alpha value is -0.840. The molecule has 1 aliphatic heterocycles. The second-order valence-electron chi connectivity index (χ2n) is 5.97. The minimum Gasteiger partial charge on any atom is -0.375 e. The number of pyridine rings is 1. The maximum absolute atomic E-state index is 6.26. The molecule has 2 rings (SSSR count). The van der Waals surface area contributed by atoms with E-state index in [2.05, 4.69) is 31.0 Å². The highest BCUT2D eigenvalue weighted by Gasteiger charge is 2.20. The van der Waals surface area contributed by atoms with Crippen molar-refractivity contribution in [3.8, 4) is 0 Å². The molecule has 0 saturated carbocycles. The van der Waals surface area contributed by atoms with Crippen molar-refractivity contribution in [1.29, 1.82) is 0 Å². The SMILES string of the molecule is CCC1CN(c2ccc(Cl)c(CNCC(C)C)n2)CCO1. The molecule has 1 atom stereocenters. The van der Waals surface area contributed by atoms with Gasteiger partial charge in [0.25, 0.3) is 0 Å². The third-order valence-electron chi connectivity index (χ3n) is 3.67. The van der Waals surface area contributed by atoms with Crippen molar-refractivity contribution in [2.75, 3.05) is 31.1 Å². The number of anilines is 1. The van der Waals surface area contributed by atoms with Gasteiger partial charge in [0.2, 0.25) is 0 Å². The summed E-state index contributed by atoms with van der Waals surface area (Å²) in [4.78, 5) is 7.03. The molecule has 1 aliphatic rings. The van der Waals surface area contributed by atoms with E-state index in [0.29, 0.717) is 18.6 Å². The first-order chi connectivity index (χ1) is 10.1. The fourth-order valence-corrected chi connectivity index (χ4v) is 2.60. The van der Waals surface area contributed by atoms with Crippen LogP contribution in [0.5, 0.6) is 0 Å². The molecule has 1 saturated heterocycles. The van der Waals surface area contributed by atoms with Crippen molar-refractivity contribution in [3.05, 3.63) is 22.8 Å². The van der Waals surface area contributed by atoms with Gasteiger partial charge < -0.3 is 15.0 Å². The number of aromatic nitrogens is 1. The van der Waals surface area contributed by atoms with Gasteiger partial charge in [0.1, 0.15) is 5.82 Å². The zero-order chi connectivity index (χ0) is 15.2. The molecule has 2 heterocycles. The van der Waals surface area contributed by atoms with Crippen molar-refractivity contribution >= 4 is 17.4 Å². The van der Waals surface area contributed by atoms with Gasteiger partial charge in [-0.15, -0.1) is 0 Å². The van der Waals surface area contributed by atoms with E-state index in [4.69, 9.17) is 21.3 Å². The van der Waals surface area contributed by atoms with E-state index in [-0.39, 0.29) is 0 Å². The number of rotatable bonds is 6. The summed E-state index contributed by atoms with van der Waals surface area (Å²) in [6, 6.07) is 3.96. The quantitative estimate of drug-likeness (QED) is 0.876. The molecule has 0 radical (unpaired) electrons. The number of ether oxygens (including phenoxy) is 1. The monoisotopic (exact) mass is 311 g/mol. The molecular formula is C16H26ClN3O. The fourth-order valence-electron chi connectivity index (χ4n) is 2.43. The highest BCUT2D eigenvalue weighted by molar-refractivity contribution is 6.31. The second-order valence-corrected chi connectivity index (χ2v) is 6.38. The van der Waals surface area contributed by atoms with E-state index in [1.807, 2.05) is 12.1 Å². The second kappa shape index (κ2) is 7.97. The van der Waals surface area contributed by atoms with Crippen LogP contribution in [-0.2, 0) is 11.3 Å². The Balaban J connectivity index is 2.03. The number of halogens is 1. The van der Waals surface area contributed by atoms with Crippen LogP contribution in [0.3, 0.4) is 0 Å². The van der Waals surface area contributed by atoms with Gasteiger partial charge in [-0.1, -0.05) is 32.4 Å². The Morgan fingerprint density at radius 3 is 3.00 bits per heavy atom. The molecule has 0 bridgehead atoms. The Kier molecular flexibility index (Phi) is 6.27. The summed E-state index contributed by atoms with van der Waals surface area (Å²) >= 11 is 6.26. The van der Waals surface area contributed by atoms with E-state index < -0.39 is 0 Å². The van der Waals surface area contributed by atoms with Crippen LogP contribution in [0.4, 0.5) is 5.82 Å². The van der Waals surface area contributed by atoms with E-state index in [1.54, 1.807) is 0 Å². The fraction of sp³-hybridized carbons (Fsp3) is 0.688. The largest absolute Gasteiger partial charge is 0.375 e. The van der Waals surface area contributed by atoms with Crippen LogP contribution in [0.25, 0.3) is 0 Å². The minimum absolute atomic E-state index is 0.304. The van der Waals surface area contributed by atoms with Gasteiger partial charge in [0.05, 0.1) is 23.4 Å². The first kappa shape index (κ1) is 16.5. The summed E-state index contributed by atoms with van der Waals surface area (Å²) in [6.07, 6.45) is 1.34. The molecule has 118 valence electrons. The van der Waals surface area contributed by atoms with Crippen molar-refractivity contribution in [2.24, 2.45) is 5.92 Å². The number of morpholine rings is 1. The normalized spacial score (nSPS) is 19.3. The first-order valence-corrected chi connectivity index (χ1v) is 8.20. The maximum atomic E-state index is 6.26. The molecule has 21 heavy (non-hydrogen) atoms. The maximum Gasteiger partial charge on any atom is 0.129 e. The average Bonchev–Trinajstić information content (AvgIpc) is 2.49. The van der Waals surface area contributed by atoms with Gasteiger partial charge in [0, 0.05) is 19.6 Å². The van der Waals surface area contributed by atoms with Crippen molar-refractivity contribution in [3.63, 3.8) is 0 Å². The summed E-state index contributed by atoms with van der Waals surface area (Å²) in [7, 11) is 0. The minimum atomic E-state index is 0.304.